The van der Waals surface area contributed by atoms with Crippen LogP contribution in [-0.2, 0) is 4.79 Å². The molecule has 0 bridgehead atoms. The van der Waals surface area contributed by atoms with E-state index in [9.17, 15) is 9.90 Å². The van der Waals surface area contributed by atoms with Gasteiger partial charge in [0, 0.05) is 18.0 Å². The van der Waals surface area contributed by atoms with Crippen molar-refractivity contribution in [2.45, 2.75) is 33.3 Å². The van der Waals surface area contributed by atoms with E-state index in [-0.39, 0.29) is 12.0 Å². The summed E-state index contributed by atoms with van der Waals surface area (Å²) >= 11 is 1.63. The summed E-state index contributed by atoms with van der Waals surface area (Å²) < 4.78 is 0. The second kappa shape index (κ2) is 5.38. The lowest BCUT2D eigenvalue weighted by Gasteiger charge is -2.14. The maximum Gasteiger partial charge on any atom is 0.239 e. The first kappa shape index (κ1) is 13.5. The highest BCUT2D eigenvalue weighted by atomic mass is 32.1. The smallest absolute Gasteiger partial charge is 0.239 e. The molecular weight excluding hydrogens is 248 g/mol. The van der Waals surface area contributed by atoms with E-state index in [0.29, 0.717) is 13.1 Å². The largest absolute Gasteiger partial charge is 0.392 e. The van der Waals surface area contributed by atoms with Gasteiger partial charge in [-0.2, -0.15) is 0 Å². The number of carbonyl (C=O) groups is 1. The fraction of sp³-hybridized carbons (Fsp3) is 0.615. The highest BCUT2D eigenvalue weighted by Crippen LogP contribution is 2.31. The topological polar surface area (TPSA) is 52.6 Å². The third-order valence-electron chi connectivity index (χ3n) is 3.55. The first-order valence-electron chi connectivity index (χ1n) is 6.24. The number of amides is 1. The van der Waals surface area contributed by atoms with Crippen molar-refractivity contribution in [2.75, 3.05) is 25.0 Å². The highest BCUT2D eigenvalue weighted by molar-refractivity contribution is 7.16. The van der Waals surface area contributed by atoms with Crippen LogP contribution in [0.4, 0.5) is 5.00 Å². The zero-order chi connectivity index (χ0) is 13.3. The molecular formula is C13H20N2O2S. The lowest BCUT2D eigenvalue weighted by atomic mass is 10.2. The number of hydrogen-bond acceptors (Lipinski definition) is 4. The number of nitrogens with one attached hydrogen (secondary N) is 1. The molecule has 5 heteroatoms. The molecule has 1 amide bonds. The second-order valence-corrected chi connectivity index (χ2v) is 6.19. The Morgan fingerprint density at radius 3 is 2.67 bits per heavy atom. The van der Waals surface area contributed by atoms with Crippen molar-refractivity contribution >= 4 is 22.2 Å². The van der Waals surface area contributed by atoms with E-state index in [0.717, 1.165) is 23.5 Å². The molecule has 2 N–H and O–H groups in total. The Morgan fingerprint density at radius 1 is 1.44 bits per heavy atom. The minimum atomic E-state index is -0.272. The second-order valence-electron chi connectivity index (χ2n) is 4.96. The van der Waals surface area contributed by atoms with Gasteiger partial charge in [-0.3, -0.25) is 9.69 Å². The number of thiophene rings is 1. The number of likely N-dealkylation sites (tertiary alicyclic amines) is 1. The highest BCUT2D eigenvalue weighted by Gasteiger charge is 2.22. The molecule has 2 rings (SSSR count). The number of rotatable bonds is 3. The van der Waals surface area contributed by atoms with Gasteiger partial charge in [0.2, 0.25) is 5.91 Å². The molecule has 4 nitrogen and oxygen atoms in total. The van der Waals surface area contributed by atoms with Gasteiger partial charge in [-0.05, 0) is 38.3 Å². The number of carbonyl (C=O) groups excluding carboxylic acids is 1. The summed E-state index contributed by atoms with van der Waals surface area (Å²) in [5, 5.41) is 13.3. The molecule has 1 aliphatic heterocycles. The minimum absolute atomic E-state index is 0.00782. The lowest BCUT2D eigenvalue weighted by Crippen LogP contribution is -2.32. The zero-order valence-corrected chi connectivity index (χ0v) is 11.9. The molecule has 18 heavy (non-hydrogen) atoms. The Morgan fingerprint density at radius 2 is 2.17 bits per heavy atom. The van der Waals surface area contributed by atoms with Crippen molar-refractivity contribution in [1.82, 2.24) is 4.90 Å². The molecule has 0 unspecified atom stereocenters. The fourth-order valence-electron chi connectivity index (χ4n) is 2.18. The maximum absolute atomic E-state index is 11.9. The summed E-state index contributed by atoms with van der Waals surface area (Å²) in [6.07, 6.45) is 0.495. The Balaban J connectivity index is 1.93. The summed E-state index contributed by atoms with van der Waals surface area (Å²) in [6, 6.07) is 0. The van der Waals surface area contributed by atoms with Crippen molar-refractivity contribution in [3.8, 4) is 0 Å². The van der Waals surface area contributed by atoms with E-state index in [4.69, 9.17) is 0 Å². The number of nitrogens with zero attached hydrogens (tertiary/aromatic N) is 1. The molecule has 1 aliphatic rings. The van der Waals surface area contributed by atoms with Crippen LogP contribution in [0.5, 0.6) is 0 Å². The number of β-amino-alcohol motifs (C(OH)–C–C–N with tert-alkyl or cyclic N) is 1. The number of hydrogen-bond donors (Lipinski definition) is 2. The first-order valence-corrected chi connectivity index (χ1v) is 7.06. The number of anilines is 1. The maximum atomic E-state index is 11.9. The van der Waals surface area contributed by atoms with E-state index in [1.54, 1.807) is 11.3 Å². The van der Waals surface area contributed by atoms with Gasteiger partial charge in [0.25, 0.3) is 0 Å². The van der Waals surface area contributed by atoms with E-state index in [1.807, 2.05) is 11.8 Å². The van der Waals surface area contributed by atoms with Crippen LogP contribution >= 0.6 is 11.3 Å². The monoisotopic (exact) mass is 268 g/mol. The predicted molar refractivity (Wildman–Crippen MR) is 74.2 cm³/mol. The minimum Gasteiger partial charge on any atom is -0.392 e. The summed E-state index contributed by atoms with van der Waals surface area (Å²) in [5.41, 5.74) is 2.42. The molecule has 0 aromatic carbocycles. The van der Waals surface area contributed by atoms with Crippen molar-refractivity contribution < 1.29 is 9.90 Å². The predicted octanol–water partition coefficient (Wildman–Crippen LogP) is 1.68. The van der Waals surface area contributed by atoms with Gasteiger partial charge >= 0.3 is 0 Å². The zero-order valence-electron chi connectivity index (χ0n) is 11.1. The van der Waals surface area contributed by atoms with Crippen LogP contribution < -0.4 is 5.32 Å². The van der Waals surface area contributed by atoms with E-state index in [2.05, 4.69) is 19.2 Å². The standard InChI is InChI=1S/C13H20N2O2S/c1-8-9(2)13(18-10(8)3)14-12(17)7-15-5-4-11(16)6-15/h11,16H,4-7H2,1-3H3,(H,14,17)/t11-/m0/s1. The van der Waals surface area contributed by atoms with Crippen molar-refractivity contribution in [3.05, 3.63) is 16.0 Å². The molecule has 1 aromatic rings. The number of aliphatic hydroxyl groups excluding tert-OH is 1. The molecule has 0 aliphatic carbocycles. The summed E-state index contributed by atoms with van der Waals surface area (Å²) in [6.45, 7) is 7.96. The molecule has 1 aromatic heterocycles. The van der Waals surface area contributed by atoms with Crippen LogP contribution in [0.15, 0.2) is 0 Å². The Bertz CT molecular complexity index is 456. The van der Waals surface area contributed by atoms with Crippen molar-refractivity contribution in [2.24, 2.45) is 0 Å². The number of aryl methyl sites for hydroxylation is 1. The van der Waals surface area contributed by atoms with Gasteiger partial charge in [-0.25, -0.2) is 0 Å². The van der Waals surface area contributed by atoms with Crippen molar-refractivity contribution in [1.29, 1.82) is 0 Å². The molecule has 1 saturated heterocycles. The summed E-state index contributed by atoms with van der Waals surface area (Å²) in [7, 11) is 0. The molecule has 0 spiro atoms. The van der Waals surface area contributed by atoms with E-state index < -0.39 is 0 Å². The summed E-state index contributed by atoms with van der Waals surface area (Å²) in [5.74, 6) is 0.00782. The quantitative estimate of drug-likeness (QED) is 0.877. The third-order valence-corrected chi connectivity index (χ3v) is 4.78. The van der Waals surface area contributed by atoms with Gasteiger partial charge in [0.15, 0.2) is 0 Å². The van der Waals surface area contributed by atoms with Gasteiger partial charge in [-0.1, -0.05) is 0 Å². The van der Waals surface area contributed by atoms with Crippen LogP contribution in [0.2, 0.25) is 0 Å². The van der Waals surface area contributed by atoms with Crippen LogP contribution in [0.3, 0.4) is 0 Å². The normalized spacial score (nSPS) is 20.3. The fourth-order valence-corrected chi connectivity index (χ4v) is 3.27. The molecule has 0 saturated carbocycles. The van der Waals surface area contributed by atoms with E-state index in [1.165, 1.54) is 10.4 Å². The SMILES string of the molecule is Cc1sc(NC(=O)CN2CC[C@H](O)C2)c(C)c1C. The van der Waals surface area contributed by atoms with Crippen LogP contribution in [0.1, 0.15) is 22.4 Å². The van der Waals surface area contributed by atoms with Gasteiger partial charge in [0.1, 0.15) is 0 Å². The Hall–Kier alpha value is -0.910. The average molecular weight is 268 g/mol. The van der Waals surface area contributed by atoms with Crippen molar-refractivity contribution in [3.63, 3.8) is 0 Å². The van der Waals surface area contributed by atoms with Gasteiger partial charge in [0.05, 0.1) is 17.6 Å². The van der Waals surface area contributed by atoms with Gasteiger partial charge in [-0.15, -0.1) is 11.3 Å². The Kier molecular flexibility index (Phi) is 4.04. The van der Waals surface area contributed by atoms with Gasteiger partial charge < -0.3 is 10.4 Å². The lowest BCUT2D eigenvalue weighted by molar-refractivity contribution is -0.117. The molecule has 0 radical (unpaired) electrons. The third kappa shape index (κ3) is 2.91. The Labute approximate surface area is 112 Å². The van der Waals surface area contributed by atoms with E-state index >= 15 is 0 Å². The summed E-state index contributed by atoms with van der Waals surface area (Å²) in [4.78, 5) is 15.2. The first-order chi connectivity index (χ1) is 8.47. The number of aliphatic hydroxyl groups is 1. The molecule has 1 atom stereocenters. The molecule has 2 heterocycles. The van der Waals surface area contributed by atoms with Crippen LogP contribution in [0, 0.1) is 20.8 Å². The average Bonchev–Trinajstić information content (AvgIpc) is 2.80. The molecule has 1 fully saturated rings. The van der Waals surface area contributed by atoms with Crippen LogP contribution in [-0.4, -0.2) is 41.7 Å². The molecule has 100 valence electrons. The van der Waals surface area contributed by atoms with Crippen LogP contribution in [0.25, 0.3) is 0 Å².